The molecule has 0 bridgehead atoms. The second kappa shape index (κ2) is 9.05. The lowest BCUT2D eigenvalue weighted by molar-refractivity contribution is -0.142. The van der Waals surface area contributed by atoms with Gasteiger partial charge in [-0.1, -0.05) is 12.1 Å². The van der Waals surface area contributed by atoms with Crippen LogP contribution in [0.4, 0.5) is 4.79 Å². The molecule has 2 aliphatic rings. The van der Waals surface area contributed by atoms with Crippen molar-refractivity contribution < 1.29 is 23.8 Å². The summed E-state index contributed by atoms with van der Waals surface area (Å²) < 4.78 is 15.8. The van der Waals surface area contributed by atoms with Crippen LogP contribution in [0.5, 0.6) is 5.75 Å². The summed E-state index contributed by atoms with van der Waals surface area (Å²) in [6.45, 7) is 2.74. The summed E-state index contributed by atoms with van der Waals surface area (Å²) >= 11 is 0. The molecule has 3 N–H and O–H groups in total. The number of nitrogens with two attached hydrogens (primary N) is 1. The average Bonchev–Trinajstić information content (AvgIpc) is 3.08. The van der Waals surface area contributed by atoms with Crippen LogP contribution in [0.2, 0.25) is 0 Å². The first-order valence-corrected chi connectivity index (χ1v) is 9.30. The number of carbonyl (C=O) groups is 2. The van der Waals surface area contributed by atoms with E-state index in [1.54, 1.807) is 0 Å². The third kappa shape index (κ3) is 5.11. The Bertz CT molecular complexity index is 645. The molecule has 0 aliphatic carbocycles. The second-order valence-corrected chi connectivity index (χ2v) is 6.93. The lowest BCUT2D eigenvalue weighted by Gasteiger charge is -2.29. The van der Waals surface area contributed by atoms with Gasteiger partial charge in [0.15, 0.2) is 6.10 Å². The summed E-state index contributed by atoms with van der Waals surface area (Å²) in [7, 11) is 1.32. The van der Waals surface area contributed by atoms with Crippen LogP contribution in [-0.4, -0.2) is 68.5 Å². The van der Waals surface area contributed by atoms with Crippen LogP contribution in [0.25, 0.3) is 0 Å². The number of hydrogen-bond donors (Lipinski definition) is 2. The van der Waals surface area contributed by atoms with Gasteiger partial charge < -0.3 is 30.2 Å². The van der Waals surface area contributed by atoms with E-state index in [1.165, 1.54) is 7.11 Å². The molecule has 0 spiro atoms. The Balaban J connectivity index is 1.46. The molecule has 8 nitrogen and oxygen atoms in total. The topological polar surface area (TPSA) is 103 Å². The molecule has 3 rings (SSSR count). The number of ether oxygens (including phenoxy) is 3. The first kappa shape index (κ1) is 19.4. The Morgan fingerprint density at radius 3 is 2.70 bits per heavy atom. The summed E-state index contributed by atoms with van der Waals surface area (Å²) in [6, 6.07) is 6.93. The normalized spacial score (nSPS) is 21.6. The fourth-order valence-electron chi connectivity index (χ4n) is 3.44. The van der Waals surface area contributed by atoms with E-state index in [0.29, 0.717) is 25.3 Å². The van der Waals surface area contributed by atoms with E-state index < -0.39 is 12.0 Å². The third-order valence-electron chi connectivity index (χ3n) is 4.97. The van der Waals surface area contributed by atoms with Gasteiger partial charge in [0.25, 0.3) is 0 Å². The molecule has 1 aromatic carbocycles. The monoisotopic (exact) mass is 377 g/mol. The number of cyclic esters (lactones) is 1. The maximum absolute atomic E-state index is 12.1. The lowest BCUT2D eigenvalue weighted by atomic mass is 10.1. The molecule has 2 aliphatic heterocycles. The van der Waals surface area contributed by atoms with Crippen LogP contribution >= 0.6 is 0 Å². The fourth-order valence-corrected chi connectivity index (χ4v) is 3.44. The number of nitrogens with one attached hydrogen (secondary N) is 1. The van der Waals surface area contributed by atoms with Gasteiger partial charge in [-0.15, -0.1) is 0 Å². The number of hydrogen-bond acceptors (Lipinski definition) is 7. The van der Waals surface area contributed by atoms with E-state index in [9.17, 15) is 9.59 Å². The number of esters is 1. The summed E-state index contributed by atoms with van der Waals surface area (Å²) in [4.78, 5) is 25.3. The highest BCUT2D eigenvalue weighted by atomic mass is 16.6. The molecule has 8 heteroatoms. The van der Waals surface area contributed by atoms with E-state index in [-0.39, 0.29) is 18.2 Å². The number of carbonyl (C=O) groups excluding carboxylic acids is 2. The van der Waals surface area contributed by atoms with Gasteiger partial charge in [0, 0.05) is 6.04 Å². The van der Waals surface area contributed by atoms with Crippen LogP contribution in [-0.2, 0) is 20.7 Å². The molecule has 1 aromatic rings. The Kier molecular flexibility index (Phi) is 6.52. The molecule has 27 heavy (non-hydrogen) atoms. The lowest BCUT2D eigenvalue weighted by Crippen LogP contribution is -2.44. The van der Waals surface area contributed by atoms with E-state index in [0.717, 1.165) is 31.5 Å². The van der Waals surface area contributed by atoms with Gasteiger partial charge in [-0.3, -0.25) is 4.79 Å². The second-order valence-electron chi connectivity index (χ2n) is 6.93. The van der Waals surface area contributed by atoms with Crippen LogP contribution in [0.3, 0.4) is 0 Å². The van der Waals surface area contributed by atoms with Crippen molar-refractivity contribution >= 4 is 12.1 Å². The summed E-state index contributed by atoms with van der Waals surface area (Å²) in [6.07, 6.45) is 1.80. The number of rotatable bonds is 7. The molecule has 0 saturated carbocycles. The Morgan fingerprint density at radius 1 is 1.33 bits per heavy atom. The number of amides is 1. The molecule has 0 aromatic heterocycles. The van der Waals surface area contributed by atoms with Crippen molar-refractivity contribution in [2.24, 2.45) is 5.73 Å². The zero-order valence-corrected chi connectivity index (χ0v) is 15.6. The van der Waals surface area contributed by atoms with E-state index >= 15 is 0 Å². The number of nitrogens with zero attached hydrogens (tertiary/aromatic N) is 1. The van der Waals surface area contributed by atoms with Crippen molar-refractivity contribution in [3.8, 4) is 5.75 Å². The van der Waals surface area contributed by atoms with Crippen molar-refractivity contribution in [3.05, 3.63) is 29.8 Å². The molecule has 1 amide bonds. The SMILES string of the molecule is COC(=O)C(N)Cc1ccc(OCC2CN(C3CCNCC3)C(=O)O2)cc1. The Morgan fingerprint density at radius 2 is 2.04 bits per heavy atom. The molecule has 2 fully saturated rings. The summed E-state index contributed by atoms with van der Waals surface area (Å²) in [5.41, 5.74) is 6.68. The van der Waals surface area contributed by atoms with Gasteiger partial charge in [-0.2, -0.15) is 0 Å². The molecule has 2 heterocycles. The third-order valence-corrected chi connectivity index (χ3v) is 4.97. The molecule has 148 valence electrons. The number of benzene rings is 1. The van der Waals surface area contributed by atoms with Crippen molar-refractivity contribution in [1.82, 2.24) is 10.2 Å². The van der Waals surface area contributed by atoms with Gasteiger partial charge in [-0.25, -0.2) is 4.79 Å². The van der Waals surface area contributed by atoms with Crippen molar-refractivity contribution in [2.75, 3.05) is 33.4 Å². The molecule has 2 unspecified atom stereocenters. The number of piperidine rings is 1. The Hall–Kier alpha value is -2.32. The zero-order valence-electron chi connectivity index (χ0n) is 15.6. The largest absolute Gasteiger partial charge is 0.490 e. The quantitative estimate of drug-likeness (QED) is 0.674. The molecular formula is C19H27N3O5. The first-order valence-electron chi connectivity index (χ1n) is 9.30. The fraction of sp³-hybridized carbons (Fsp3) is 0.579. The smallest absolute Gasteiger partial charge is 0.410 e. The predicted octanol–water partition coefficient (Wildman–Crippen LogP) is 0.681. The van der Waals surface area contributed by atoms with E-state index in [1.807, 2.05) is 29.2 Å². The first-order chi connectivity index (χ1) is 13.1. The molecule has 0 radical (unpaired) electrons. The minimum absolute atomic E-state index is 0.248. The highest BCUT2D eigenvalue weighted by molar-refractivity contribution is 5.75. The minimum Gasteiger partial charge on any atom is -0.490 e. The van der Waals surface area contributed by atoms with E-state index in [4.69, 9.17) is 15.2 Å². The number of methoxy groups -OCH3 is 1. The highest BCUT2D eigenvalue weighted by Gasteiger charge is 2.36. The van der Waals surface area contributed by atoms with Crippen LogP contribution in [0, 0.1) is 0 Å². The predicted molar refractivity (Wildman–Crippen MR) is 98.5 cm³/mol. The van der Waals surface area contributed by atoms with Crippen LogP contribution < -0.4 is 15.8 Å². The van der Waals surface area contributed by atoms with Crippen molar-refractivity contribution in [1.29, 1.82) is 0 Å². The maximum Gasteiger partial charge on any atom is 0.410 e. The summed E-state index contributed by atoms with van der Waals surface area (Å²) in [5.74, 6) is 0.249. The standard InChI is InChI=1S/C19H27N3O5/c1-25-18(23)17(20)10-13-2-4-15(5-3-13)26-12-16-11-22(19(24)27-16)14-6-8-21-9-7-14/h2-5,14,16-17,21H,6-12,20H2,1H3. The van der Waals surface area contributed by atoms with Gasteiger partial charge in [0.05, 0.1) is 13.7 Å². The maximum atomic E-state index is 12.1. The molecular weight excluding hydrogens is 350 g/mol. The van der Waals surface area contributed by atoms with E-state index in [2.05, 4.69) is 10.1 Å². The van der Waals surface area contributed by atoms with Gasteiger partial charge >= 0.3 is 12.1 Å². The van der Waals surface area contributed by atoms with Crippen LogP contribution in [0.15, 0.2) is 24.3 Å². The minimum atomic E-state index is -0.680. The zero-order chi connectivity index (χ0) is 19.2. The van der Waals surface area contributed by atoms with Crippen molar-refractivity contribution in [3.63, 3.8) is 0 Å². The van der Waals surface area contributed by atoms with Gasteiger partial charge in [0.2, 0.25) is 0 Å². The Labute approximate surface area is 158 Å². The molecule has 2 saturated heterocycles. The highest BCUT2D eigenvalue weighted by Crippen LogP contribution is 2.21. The van der Waals surface area contributed by atoms with Gasteiger partial charge in [-0.05, 0) is 50.0 Å². The average molecular weight is 377 g/mol. The van der Waals surface area contributed by atoms with Crippen molar-refractivity contribution in [2.45, 2.75) is 37.5 Å². The van der Waals surface area contributed by atoms with Crippen LogP contribution in [0.1, 0.15) is 18.4 Å². The molecule has 2 atom stereocenters. The van der Waals surface area contributed by atoms with Gasteiger partial charge in [0.1, 0.15) is 18.4 Å². The summed E-state index contributed by atoms with van der Waals surface area (Å²) in [5, 5.41) is 3.30.